The van der Waals surface area contributed by atoms with E-state index in [2.05, 4.69) is 10.6 Å². The van der Waals surface area contributed by atoms with E-state index in [4.69, 9.17) is 14.6 Å². The van der Waals surface area contributed by atoms with Gasteiger partial charge in [0, 0.05) is 42.3 Å². The predicted molar refractivity (Wildman–Crippen MR) is 102 cm³/mol. The van der Waals surface area contributed by atoms with Crippen LogP contribution in [0.3, 0.4) is 0 Å². The monoisotopic (exact) mass is 402 g/mol. The number of aliphatic carboxylic acids is 1. The molecule has 0 radical (unpaired) electrons. The van der Waals surface area contributed by atoms with Gasteiger partial charge in [0.25, 0.3) is 0 Å². The van der Waals surface area contributed by atoms with Gasteiger partial charge in [0.2, 0.25) is 11.8 Å². The van der Waals surface area contributed by atoms with Crippen LogP contribution in [-0.2, 0) is 23.9 Å². The summed E-state index contributed by atoms with van der Waals surface area (Å²) in [6, 6.07) is 0.360. The molecule has 2 heterocycles. The molecule has 0 aliphatic carbocycles. The number of rotatable bonds is 14. The van der Waals surface area contributed by atoms with Crippen molar-refractivity contribution in [3.05, 3.63) is 0 Å². The molecule has 2 amide bonds. The van der Waals surface area contributed by atoms with E-state index in [-0.39, 0.29) is 24.8 Å². The number of carbonyl (C=O) groups excluding carboxylic acids is 2. The molecular weight excluding hydrogens is 372 g/mol. The van der Waals surface area contributed by atoms with Crippen molar-refractivity contribution in [2.24, 2.45) is 5.92 Å². The van der Waals surface area contributed by atoms with Crippen LogP contribution < -0.4 is 10.6 Å². The predicted octanol–water partition coefficient (Wildman–Crippen LogP) is 0.791. The third-order valence-electron chi connectivity index (χ3n) is 4.80. The Balaban J connectivity index is 1.38. The van der Waals surface area contributed by atoms with E-state index in [9.17, 15) is 14.4 Å². The van der Waals surface area contributed by atoms with Crippen molar-refractivity contribution in [2.75, 3.05) is 38.7 Å². The number of carboxylic acids is 1. The van der Waals surface area contributed by atoms with Gasteiger partial charge < -0.3 is 25.2 Å². The number of unbranched alkanes of at least 4 members (excludes halogenated alkanes) is 1. The second kappa shape index (κ2) is 12.2. The van der Waals surface area contributed by atoms with Gasteiger partial charge in [-0.15, -0.1) is 0 Å². The standard InChI is InChI=1S/C18H30N2O6S/c21-16(19-6-8-26-10-9-25-7-5-18(23)24)4-2-1-3-15-13-11-17(22)20-14(13)12-27-15/h13-15H,1-12H2,(H,19,21)(H,20,22)(H,23,24). The second-order valence-electron chi connectivity index (χ2n) is 6.88. The number of nitrogens with one attached hydrogen (secondary N) is 2. The van der Waals surface area contributed by atoms with Crippen LogP contribution in [0.4, 0.5) is 0 Å². The van der Waals surface area contributed by atoms with Gasteiger partial charge in [-0.2, -0.15) is 11.8 Å². The molecule has 8 nitrogen and oxygen atoms in total. The maximum Gasteiger partial charge on any atom is 0.305 e. The lowest BCUT2D eigenvalue weighted by atomic mass is 9.94. The summed E-state index contributed by atoms with van der Waals surface area (Å²) in [4.78, 5) is 33.5. The van der Waals surface area contributed by atoms with Gasteiger partial charge in [-0.3, -0.25) is 14.4 Å². The van der Waals surface area contributed by atoms with Gasteiger partial charge in [-0.1, -0.05) is 6.42 Å². The molecule has 0 spiro atoms. The summed E-state index contributed by atoms with van der Waals surface area (Å²) in [6.07, 6.45) is 4.10. The van der Waals surface area contributed by atoms with E-state index in [1.807, 2.05) is 11.8 Å². The highest BCUT2D eigenvalue weighted by molar-refractivity contribution is 8.00. The highest BCUT2D eigenvalue weighted by atomic mass is 32.2. The molecule has 2 rings (SSSR count). The average Bonchev–Trinajstić information content (AvgIpc) is 3.16. The van der Waals surface area contributed by atoms with Gasteiger partial charge in [-0.25, -0.2) is 0 Å². The molecule has 0 aromatic heterocycles. The number of hydrogen-bond donors (Lipinski definition) is 3. The normalized spacial score (nSPS) is 23.9. The highest BCUT2D eigenvalue weighted by Gasteiger charge is 2.42. The van der Waals surface area contributed by atoms with Crippen LogP contribution in [0.2, 0.25) is 0 Å². The Hall–Kier alpha value is -1.32. The minimum Gasteiger partial charge on any atom is -0.481 e. The summed E-state index contributed by atoms with van der Waals surface area (Å²) in [5.41, 5.74) is 0. The quantitative estimate of drug-likeness (QED) is 0.368. The van der Waals surface area contributed by atoms with E-state index < -0.39 is 5.97 Å². The summed E-state index contributed by atoms with van der Waals surface area (Å²) < 4.78 is 10.4. The van der Waals surface area contributed by atoms with Gasteiger partial charge >= 0.3 is 5.97 Å². The fourth-order valence-electron chi connectivity index (χ4n) is 3.40. The van der Waals surface area contributed by atoms with Crippen molar-refractivity contribution in [1.82, 2.24) is 10.6 Å². The van der Waals surface area contributed by atoms with E-state index >= 15 is 0 Å². The van der Waals surface area contributed by atoms with Crippen LogP contribution in [0.25, 0.3) is 0 Å². The minimum atomic E-state index is -0.879. The lowest BCUT2D eigenvalue weighted by Crippen LogP contribution is -2.29. The minimum absolute atomic E-state index is 0.00819. The molecule has 0 saturated carbocycles. The third-order valence-corrected chi connectivity index (χ3v) is 6.36. The number of thioether (sulfide) groups is 1. The molecule has 0 aromatic carbocycles. The summed E-state index contributed by atoms with van der Waals surface area (Å²) in [5.74, 6) is 0.832. The Labute approximate surface area is 164 Å². The summed E-state index contributed by atoms with van der Waals surface area (Å²) in [7, 11) is 0. The maximum absolute atomic E-state index is 11.8. The number of ether oxygens (including phenoxy) is 2. The maximum atomic E-state index is 11.8. The molecule has 3 atom stereocenters. The molecule has 2 aliphatic heterocycles. The number of fused-ring (bicyclic) bond motifs is 1. The summed E-state index contributed by atoms with van der Waals surface area (Å²) in [6.45, 7) is 1.79. The first-order valence-corrected chi connectivity index (χ1v) is 10.7. The third kappa shape index (κ3) is 8.49. The van der Waals surface area contributed by atoms with Gasteiger partial charge in [0.1, 0.15) is 0 Å². The van der Waals surface area contributed by atoms with Crippen molar-refractivity contribution in [1.29, 1.82) is 0 Å². The van der Waals surface area contributed by atoms with Crippen molar-refractivity contribution >= 4 is 29.5 Å². The zero-order valence-electron chi connectivity index (χ0n) is 15.6. The Kier molecular flexibility index (Phi) is 9.93. The van der Waals surface area contributed by atoms with Crippen LogP contribution in [0.1, 0.15) is 38.5 Å². The number of carbonyl (C=O) groups is 3. The van der Waals surface area contributed by atoms with Crippen LogP contribution in [-0.4, -0.2) is 72.9 Å². The molecule has 0 aromatic rings. The van der Waals surface area contributed by atoms with Crippen LogP contribution in [0, 0.1) is 5.92 Å². The molecule has 0 bridgehead atoms. The number of carboxylic acid groups (broad SMARTS) is 1. The second-order valence-corrected chi connectivity index (χ2v) is 8.15. The zero-order valence-corrected chi connectivity index (χ0v) is 16.4. The lowest BCUT2D eigenvalue weighted by molar-refractivity contribution is -0.138. The summed E-state index contributed by atoms with van der Waals surface area (Å²) in [5, 5.41) is 14.9. The Morgan fingerprint density at radius 2 is 1.93 bits per heavy atom. The smallest absolute Gasteiger partial charge is 0.305 e. The van der Waals surface area contributed by atoms with E-state index in [0.29, 0.717) is 56.4 Å². The first-order valence-electron chi connectivity index (χ1n) is 9.61. The molecular formula is C18H30N2O6S. The van der Waals surface area contributed by atoms with Crippen molar-refractivity contribution < 1.29 is 29.0 Å². The number of hydrogen-bond acceptors (Lipinski definition) is 6. The van der Waals surface area contributed by atoms with E-state index in [0.717, 1.165) is 25.0 Å². The average molecular weight is 403 g/mol. The van der Waals surface area contributed by atoms with Crippen LogP contribution >= 0.6 is 11.8 Å². The molecule has 2 saturated heterocycles. The van der Waals surface area contributed by atoms with Gasteiger partial charge in [0.05, 0.1) is 32.8 Å². The molecule has 2 aliphatic rings. The largest absolute Gasteiger partial charge is 0.481 e. The van der Waals surface area contributed by atoms with E-state index in [1.165, 1.54) is 0 Å². The van der Waals surface area contributed by atoms with Crippen molar-refractivity contribution in [3.8, 4) is 0 Å². The molecule has 3 N–H and O–H groups in total. The molecule has 2 fully saturated rings. The molecule has 27 heavy (non-hydrogen) atoms. The summed E-state index contributed by atoms with van der Waals surface area (Å²) >= 11 is 1.95. The fourth-order valence-corrected chi connectivity index (χ4v) is 5.05. The van der Waals surface area contributed by atoms with Gasteiger partial charge in [0.15, 0.2) is 0 Å². The lowest BCUT2D eigenvalue weighted by Gasteiger charge is -2.15. The number of amides is 2. The van der Waals surface area contributed by atoms with Crippen molar-refractivity contribution in [3.63, 3.8) is 0 Å². The van der Waals surface area contributed by atoms with Gasteiger partial charge in [-0.05, 0) is 12.8 Å². The van der Waals surface area contributed by atoms with E-state index in [1.54, 1.807) is 0 Å². The first-order chi connectivity index (χ1) is 13.1. The molecule has 154 valence electrons. The fraction of sp³-hybridized carbons (Fsp3) is 0.833. The van der Waals surface area contributed by atoms with Crippen molar-refractivity contribution in [2.45, 2.75) is 49.8 Å². The highest BCUT2D eigenvalue weighted by Crippen LogP contribution is 2.40. The zero-order chi connectivity index (χ0) is 19.5. The molecule has 9 heteroatoms. The topological polar surface area (TPSA) is 114 Å². The SMILES string of the molecule is O=C(O)CCOCCOCCNC(=O)CCCCC1SCC2NC(=O)CC21. The Morgan fingerprint density at radius 1 is 1.15 bits per heavy atom. The van der Waals surface area contributed by atoms with Crippen LogP contribution in [0.5, 0.6) is 0 Å². The first kappa shape index (κ1) is 22.0. The molecule has 3 unspecified atom stereocenters. The Bertz CT molecular complexity index is 504. The Morgan fingerprint density at radius 3 is 2.70 bits per heavy atom. The van der Waals surface area contributed by atoms with Crippen LogP contribution in [0.15, 0.2) is 0 Å².